The van der Waals surface area contributed by atoms with Crippen molar-refractivity contribution >= 4 is 11.6 Å². The Labute approximate surface area is 143 Å². The fraction of sp³-hybridized carbons (Fsp3) is 0.316. The van der Waals surface area contributed by atoms with Gasteiger partial charge in [0.2, 0.25) is 0 Å². The van der Waals surface area contributed by atoms with Crippen LogP contribution >= 0.6 is 0 Å². The van der Waals surface area contributed by atoms with Crippen LogP contribution in [0.5, 0.6) is 11.5 Å². The summed E-state index contributed by atoms with van der Waals surface area (Å²) in [6.45, 7) is 5.48. The van der Waals surface area contributed by atoms with Crippen LogP contribution in [0.3, 0.4) is 0 Å². The molecular weight excluding hydrogens is 302 g/mol. The van der Waals surface area contributed by atoms with Gasteiger partial charge in [0.1, 0.15) is 11.5 Å². The minimum atomic E-state index is 0.364. The Balaban J connectivity index is 1.89. The Hall–Kier alpha value is -2.69. The molecule has 0 radical (unpaired) electrons. The normalized spacial score (nSPS) is 11.4. The zero-order valence-electron chi connectivity index (χ0n) is 14.5. The fourth-order valence-electron chi connectivity index (χ4n) is 2.02. The van der Waals surface area contributed by atoms with E-state index in [-0.39, 0.29) is 0 Å². The number of nitrogens with zero attached hydrogens (tertiary/aromatic N) is 1. The lowest BCUT2D eigenvalue weighted by Crippen LogP contribution is -2.22. The molecule has 0 bridgehead atoms. The molecule has 0 spiro atoms. The SMILES string of the molecule is COc1cccc(NC(N)=NCc2ccc(OCC(C)C)cc2)c1. The van der Waals surface area contributed by atoms with Crippen molar-refractivity contribution in [2.75, 3.05) is 19.0 Å². The number of hydrogen-bond acceptors (Lipinski definition) is 3. The Morgan fingerprint density at radius 3 is 2.54 bits per heavy atom. The highest BCUT2D eigenvalue weighted by Crippen LogP contribution is 2.17. The van der Waals surface area contributed by atoms with Crippen molar-refractivity contribution in [2.45, 2.75) is 20.4 Å². The lowest BCUT2D eigenvalue weighted by molar-refractivity contribution is 0.271. The highest BCUT2D eigenvalue weighted by Gasteiger charge is 2.00. The second-order valence-electron chi connectivity index (χ2n) is 5.91. The minimum Gasteiger partial charge on any atom is -0.497 e. The molecule has 0 heterocycles. The predicted octanol–water partition coefficient (Wildman–Crippen LogP) is 3.66. The number of ether oxygens (including phenoxy) is 2. The molecule has 0 aliphatic heterocycles. The van der Waals surface area contributed by atoms with E-state index in [9.17, 15) is 0 Å². The number of guanidine groups is 1. The molecule has 0 aromatic heterocycles. The summed E-state index contributed by atoms with van der Waals surface area (Å²) in [5.74, 6) is 2.52. The van der Waals surface area contributed by atoms with Crippen molar-refractivity contribution in [1.29, 1.82) is 0 Å². The third-order valence-corrected chi connectivity index (χ3v) is 3.28. The quantitative estimate of drug-likeness (QED) is 0.601. The molecule has 0 unspecified atom stereocenters. The van der Waals surface area contributed by atoms with E-state index in [2.05, 4.69) is 24.2 Å². The molecule has 2 aromatic carbocycles. The van der Waals surface area contributed by atoms with Crippen molar-refractivity contribution < 1.29 is 9.47 Å². The van der Waals surface area contributed by atoms with Crippen LogP contribution in [-0.4, -0.2) is 19.7 Å². The van der Waals surface area contributed by atoms with Gasteiger partial charge < -0.3 is 20.5 Å². The lowest BCUT2D eigenvalue weighted by Gasteiger charge is -2.09. The Kier molecular flexibility index (Phi) is 6.49. The van der Waals surface area contributed by atoms with Crippen molar-refractivity contribution in [1.82, 2.24) is 0 Å². The summed E-state index contributed by atoms with van der Waals surface area (Å²) in [6.07, 6.45) is 0. The molecule has 24 heavy (non-hydrogen) atoms. The second-order valence-corrected chi connectivity index (χ2v) is 5.91. The first-order chi connectivity index (χ1) is 11.6. The van der Waals surface area contributed by atoms with Gasteiger partial charge in [0, 0.05) is 11.8 Å². The van der Waals surface area contributed by atoms with Gasteiger partial charge in [-0.3, -0.25) is 0 Å². The van der Waals surface area contributed by atoms with E-state index >= 15 is 0 Å². The second kappa shape index (κ2) is 8.82. The number of benzene rings is 2. The summed E-state index contributed by atoms with van der Waals surface area (Å²) in [5, 5.41) is 3.05. The van der Waals surface area contributed by atoms with Crippen molar-refractivity contribution in [2.24, 2.45) is 16.6 Å². The molecule has 2 aromatic rings. The summed E-state index contributed by atoms with van der Waals surface area (Å²) in [4.78, 5) is 4.35. The molecule has 0 aliphatic rings. The van der Waals surface area contributed by atoms with Crippen molar-refractivity contribution in [3.8, 4) is 11.5 Å². The van der Waals surface area contributed by atoms with Crippen LogP contribution in [0.1, 0.15) is 19.4 Å². The smallest absolute Gasteiger partial charge is 0.193 e. The summed E-state index contributed by atoms with van der Waals surface area (Å²) in [7, 11) is 1.63. The maximum atomic E-state index is 5.93. The third kappa shape index (κ3) is 5.83. The predicted molar refractivity (Wildman–Crippen MR) is 98.7 cm³/mol. The van der Waals surface area contributed by atoms with E-state index in [4.69, 9.17) is 15.2 Å². The molecule has 5 nitrogen and oxygen atoms in total. The third-order valence-electron chi connectivity index (χ3n) is 3.28. The molecule has 0 saturated carbocycles. The zero-order valence-corrected chi connectivity index (χ0v) is 14.5. The van der Waals surface area contributed by atoms with Crippen molar-refractivity contribution in [3.05, 3.63) is 54.1 Å². The largest absolute Gasteiger partial charge is 0.497 e. The summed E-state index contributed by atoms with van der Waals surface area (Å²) in [6, 6.07) is 15.5. The molecule has 0 aliphatic carbocycles. The average Bonchev–Trinajstić information content (AvgIpc) is 2.59. The number of hydrogen-bond donors (Lipinski definition) is 2. The van der Waals surface area contributed by atoms with Gasteiger partial charge in [-0.1, -0.05) is 32.0 Å². The van der Waals surface area contributed by atoms with Crippen LogP contribution in [0.4, 0.5) is 5.69 Å². The molecule has 5 heteroatoms. The van der Waals surface area contributed by atoms with E-state index in [0.29, 0.717) is 18.4 Å². The number of aliphatic imine (C=N–C) groups is 1. The minimum absolute atomic E-state index is 0.364. The number of rotatable bonds is 7. The standard InChI is InChI=1S/C19H25N3O2/c1-14(2)13-24-17-9-7-15(8-10-17)12-21-19(20)22-16-5-4-6-18(11-16)23-3/h4-11,14H,12-13H2,1-3H3,(H3,20,21,22). The molecule has 2 rings (SSSR count). The van der Waals surface area contributed by atoms with E-state index < -0.39 is 0 Å². The molecule has 0 amide bonds. The van der Waals surface area contributed by atoms with Crippen LogP contribution < -0.4 is 20.5 Å². The highest BCUT2D eigenvalue weighted by atomic mass is 16.5. The van der Waals surface area contributed by atoms with Gasteiger partial charge in [0.25, 0.3) is 0 Å². The van der Waals surface area contributed by atoms with Crippen LogP contribution in [-0.2, 0) is 6.54 Å². The highest BCUT2D eigenvalue weighted by molar-refractivity contribution is 5.92. The van der Waals surface area contributed by atoms with Gasteiger partial charge >= 0.3 is 0 Å². The molecule has 128 valence electrons. The lowest BCUT2D eigenvalue weighted by atomic mass is 10.2. The Bertz CT molecular complexity index is 667. The van der Waals surface area contributed by atoms with Gasteiger partial charge in [-0.25, -0.2) is 4.99 Å². The first-order valence-electron chi connectivity index (χ1n) is 7.99. The monoisotopic (exact) mass is 327 g/mol. The first-order valence-corrected chi connectivity index (χ1v) is 7.99. The van der Waals surface area contributed by atoms with E-state index in [0.717, 1.165) is 29.4 Å². The van der Waals surface area contributed by atoms with Gasteiger partial charge in [0.15, 0.2) is 5.96 Å². The van der Waals surface area contributed by atoms with Crippen LogP contribution in [0.25, 0.3) is 0 Å². The molecule has 0 saturated heterocycles. The molecule has 0 fully saturated rings. The summed E-state index contributed by atoms with van der Waals surface area (Å²) in [5.41, 5.74) is 7.84. The average molecular weight is 327 g/mol. The number of methoxy groups -OCH3 is 1. The fourth-order valence-corrected chi connectivity index (χ4v) is 2.02. The Morgan fingerprint density at radius 2 is 1.88 bits per heavy atom. The number of nitrogens with one attached hydrogen (secondary N) is 1. The molecule has 0 atom stereocenters. The Morgan fingerprint density at radius 1 is 1.12 bits per heavy atom. The van der Waals surface area contributed by atoms with Gasteiger partial charge in [-0.05, 0) is 35.7 Å². The maximum Gasteiger partial charge on any atom is 0.193 e. The van der Waals surface area contributed by atoms with Crippen molar-refractivity contribution in [3.63, 3.8) is 0 Å². The molecule has 3 N–H and O–H groups in total. The van der Waals surface area contributed by atoms with Gasteiger partial charge in [0.05, 0.1) is 20.3 Å². The van der Waals surface area contributed by atoms with E-state index in [1.54, 1.807) is 7.11 Å². The first kappa shape index (κ1) is 17.7. The van der Waals surface area contributed by atoms with Gasteiger partial charge in [-0.15, -0.1) is 0 Å². The topological polar surface area (TPSA) is 68.9 Å². The van der Waals surface area contributed by atoms with Crippen LogP contribution in [0, 0.1) is 5.92 Å². The van der Waals surface area contributed by atoms with Crippen LogP contribution in [0.2, 0.25) is 0 Å². The maximum absolute atomic E-state index is 5.93. The van der Waals surface area contributed by atoms with E-state index in [1.807, 2.05) is 48.5 Å². The summed E-state index contributed by atoms with van der Waals surface area (Å²) < 4.78 is 10.8. The number of nitrogens with two attached hydrogens (primary N) is 1. The van der Waals surface area contributed by atoms with Crippen LogP contribution in [0.15, 0.2) is 53.5 Å². The van der Waals surface area contributed by atoms with Gasteiger partial charge in [-0.2, -0.15) is 0 Å². The van der Waals surface area contributed by atoms with E-state index in [1.165, 1.54) is 0 Å². The summed E-state index contributed by atoms with van der Waals surface area (Å²) >= 11 is 0. The number of anilines is 1. The zero-order chi connectivity index (χ0) is 17.4. The molecular formula is C19H25N3O2.